The maximum atomic E-state index is 14.1. The molecule has 32 heavy (non-hydrogen) atoms. The highest BCUT2D eigenvalue weighted by molar-refractivity contribution is 7.19. The van der Waals surface area contributed by atoms with Crippen LogP contribution in [0.4, 0.5) is 25.3 Å². The Morgan fingerprint density at radius 3 is 2.75 bits per heavy atom. The van der Waals surface area contributed by atoms with Crippen molar-refractivity contribution >= 4 is 33.8 Å². The molecule has 1 saturated heterocycles. The van der Waals surface area contributed by atoms with Gasteiger partial charge in [-0.3, -0.25) is 9.48 Å². The van der Waals surface area contributed by atoms with Crippen molar-refractivity contribution in [2.24, 2.45) is 7.05 Å². The van der Waals surface area contributed by atoms with Crippen molar-refractivity contribution in [3.8, 4) is 10.6 Å². The predicted molar refractivity (Wildman–Crippen MR) is 120 cm³/mol. The zero-order valence-corrected chi connectivity index (χ0v) is 18.5. The summed E-state index contributed by atoms with van der Waals surface area (Å²) < 4.78 is 29.9. The highest BCUT2D eigenvalue weighted by Crippen LogP contribution is 2.35. The summed E-state index contributed by atoms with van der Waals surface area (Å²) in [5.41, 5.74) is 5.09. The van der Waals surface area contributed by atoms with Gasteiger partial charge in [-0.05, 0) is 38.3 Å². The topological polar surface area (TPSA) is 109 Å². The molecule has 1 amide bonds. The second-order valence-corrected chi connectivity index (χ2v) is 9.19. The predicted octanol–water partition coefficient (Wildman–Crippen LogP) is 3.40. The summed E-state index contributed by atoms with van der Waals surface area (Å²) in [7, 11) is 1.75. The Labute approximate surface area is 187 Å². The van der Waals surface area contributed by atoms with Gasteiger partial charge >= 0.3 is 0 Å². The number of nitrogens with two attached hydrogens (primary N) is 1. The van der Waals surface area contributed by atoms with Crippen molar-refractivity contribution in [2.75, 3.05) is 29.0 Å². The first-order chi connectivity index (χ1) is 15.2. The number of β-amino-alcohol motifs (C(OH)–C–C–N with tert-alkyl or cyclic N) is 1. The van der Waals surface area contributed by atoms with Crippen LogP contribution in [-0.4, -0.2) is 44.5 Å². The number of aliphatic hydroxyl groups is 1. The number of nitrogen functional groups attached to an aromatic ring is 1. The highest BCUT2D eigenvalue weighted by Gasteiger charge is 2.30. The SMILES string of the molecule is Cn1ncc(NC(=O)c2nc(-c3c(F)cccc3F)sc2N)c1N1CCCC[C@@](C)(O)C1. The van der Waals surface area contributed by atoms with Gasteiger partial charge in [-0.15, -0.1) is 0 Å². The van der Waals surface area contributed by atoms with Crippen LogP contribution in [0.1, 0.15) is 36.7 Å². The van der Waals surface area contributed by atoms with Crippen LogP contribution in [0, 0.1) is 11.6 Å². The van der Waals surface area contributed by atoms with Gasteiger partial charge in [-0.25, -0.2) is 13.8 Å². The Morgan fingerprint density at radius 1 is 1.31 bits per heavy atom. The fraction of sp³-hybridized carbons (Fsp3) is 0.381. The lowest BCUT2D eigenvalue weighted by atomic mass is 10.0. The van der Waals surface area contributed by atoms with Crippen LogP contribution in [0.25, 0.3) is 10.6 Å². The van der Waals surface area contributed by atoms with E-state index < -0.39 is 23.1 Å². The lowest BCUT2D eigenvalue weighted by Gasteiger charge is -2.30. The number of hydrogen-bond donors (Lipinski definition) is 3. The molecule has 1 atom stereocenters. The van der Waals surface area contributed by atoms with Gasteiger partial charge in [0.15, 0.2) is 11.5 Å². The molecular formula is C21H24F2N6O2S. The van der Waals surface area contributed by atoms with E-state index in [-0.39, 0.29) is 21.3 Å². The fourth-order valence-electron chi connectivity index (χ4n) is 3.94. The molecule has 0 radical (unpaired) electrons. The molecular weight excluding hydrogens is 438 g/mol. The Kier molecular flexibility index (Phi) is 5.87. The molecule has 0 spiro atoms. The average molecular weight is 463 g/mol. The van der Waals surface area contributed by atoms with Gasteiger partial charge in [0.25, 0.3) is 5.91 Å². The first-order valence-electron chi connectivity index (χ1n) is 10.2. The molecule has 1 aromatic carbocycles. The molecule has 4 N–H and O–H groups in total. The Morgan fingerprint density at radius 2 is 2.03 bits per heavy atom. The van der Waals surface area contributed by atoms with Crippen LogP contribution in [0.2, 0.25) is 0 Å². The number of carbonyl (C=O) groups excluding carboxylic acids is 1. The number of aryl methyl sites for hydroxylation is 1. The van der Waals surface area contributed by atoms with Gasteiger partial charge in [-0.1, -0.05) is 17.4 Å². The molecule has 4 rings (SSSR count). The summed E-state index contributed by atoms with van der Waals surface area (Å²) in [5.74, 6) is -1.53. The van der Waals surface area contributed by atoms with Gasteiger partial charge in [0, 0.05) is 20.1 Å². The molecule has 0 unspecified atom stereocenters. The van der Waals surface area contributed by atoms with Gasteiger partial charge in [-0.2, -0.15) is 5.10 Å². The van der Waals surface area contributed by atoms with Crippen molar-refractivity contribution in [3.63, 3.8) is 0 Å². The van der Waals surface area contributed by atoms with Gasteiger partial charge < -0.3 is 21.1 Å². The van der Waals surface area contributed by atoms with Crippen LogP contribution in [0.5, 0.6) is 0 Å². The van der Waals surface area contributed by atoms with Gasteiger partial charge in [0.1, 0.15) is 27.3 Å². The minimum atomic E-state index is -0.861. The molecule has 8 nitrogen and oxygen atoms in total. The molecule has 11 heteroatoms. The molecule has 0 saturated carbocycles. The van der Waals surface area contributed by atoms with E-state index in [1.165, 1.54) is 12.3 Å². The normalized spacial score (nSPS) is 19.1. The number of amides is 1. The number of aromatic nitrogens is 3. The Bertz CT molecular complexity index is 1140. The van der Waals surface area contributed by atoms with E-state index in [1.54, 1.807) is 18.7 Å². The minimum absolute atomic E-state index is 0.0155. The summed E-state index contributed by atoms with van der Waals surface area (Å²) in [6.07, 6.45) is 3.99. The first-order valence-corrected chi connectivity index (χ1v) is 11.0. The Hall–Kier alpha value is -3.05. The number of nitrogens with one attached hydrogen (secondary N) is 1. The number of thiazole rings is 1. The molecule has 1 aliphatic rings. The summed E-state index contributed by atoms with van der Waals surface area (Å²) >= 11 is 0.836. The fourth-order valence-corrected chi connectivity index (χ4v) is 4.82. The lowest BCUT2D eigenvalue weighted by Crippen LogP contribution is -2.40. The number of anilines is 3. The third-order valence-corrected chi connectivity index (χ3v) is 6.33. The molecule has 1 fully saturated rings. The van der Waals surface area contributed by atoms with E-state index in [2.05, 4.69) is 15.4 Å². The summed E-state index contributed by atoms with van der Waals surface area (Å²) in [5, 5.41) is 17.6. The van der Waals surface area contributed by atoms with E-state index in [9.17, 15) is 18.7 Å². The van der Waals surface area contributed by atoms with Gasteiger partial charge in [0.2, 0.25) is 0 Å². The average Bonchev–Trinajstić information content (AvgIpc) is 3.20. The highest BCUT2D eigenvalue weighted by atomic mass is 32.1. The van der Waals surface area contributed by atoms with Crippen molar-refractivity contribution in [1.29, 1.82) is 0 Å². The lowest BCUT2D eigenvalue weighted by molar-refractivity contribution is 0.0611. The number of hydrogen-bond acceptors (Lipinski definition) is 7. The van der Waals surface area contributed by atoms with Crippen LogP contribution < -0.4 is 16.0 Å². The quantitative estimate of drug-likeness (QED) is 0.548. The molecule has 170 valence electrons. The third-order valence-electron chi connectivity index (χ3n) is 5.43. The van der Waals surface area contributed by atoms with Crippen molar-refractivity contribution in [2.45, 2.75) is 31.8 Å². The van der Waals surface area contributed by atoms with Crippen LogP contribution in [0.15, 0.2) is 24.4 Å². The molecule has 0 bridgehead atoms. The maximum absolute atomic E-state index is 14.1. The molecule has 0 aliphatic carbocycles. The summed E-state index contributed by atoms with van der Waals surface area (Å²) in [4.78, 5) is 19.0. The van der Waals surface area contributed by atoms with Crippen molar-refractivity contribution in [3.05, 3.63) is 41.7 Å². The number of nitrogens with zero attached hydrogens (tertiary/aromatic N) is 4. The third kappa shape index (κ3) is 4.30. The van der Waals surface area contributed by atoms with Gasteiger partial charge in [0.05, 0.1) is 17.4 Å². The number of carbonyl (C=O) groups is 1. The second kappa shape index (κ2) is 8.47. The first kappa shape index (κ1) is 22.2. The zero-order valence-electron chi connectivity index (χ0n) is 17.7. The van der Waals surface area contributed by atoms with Crippen molar-refractivity contribution in [1.82, 2.24) is 14.8 Å². The standard InChI is InChI=1S/C21H24F2N6O2S/c1-21(31)8-3-4-9-29(11-21)20-14(10-25-28(20)2)26-18(30)16-17(24)32-19(27-16)15-12(22)6-5-7-13(15)23/h5-7,10,31H,3-4,8-9,11,24H2,1-2H3,(H,26,30)/t21-/m1/s1. The molecule has 3 aromatic rings. The number of rotatable bonds is 4. The van der Waals surface area contributed by atoms with E-state index >= 15 is 0 Å². The van der Waals surface area contributed by atoms with E-state index in [4.69, 9.17) is 5.73 Å². The maximum Gasteiger partial charge on any atom is 0.277 e. The zero-order chi connectivity index (χ0) is 23.0. The molecule has 2 aromatic heterocycles. The van der Waals surface area contributed by atoms with E-state index in [0.29, 0.717) is 31.0 Å². The van der Waals surface area contributed by atoms with Crippen molar-refractivity contribution < 1.29 is 18.7 Å². The summed E-state index contributed by atoms with van der Waals surface area (Å²) in [6, 6.07) is 3.49. The van der Waals surface area contributed by atoms with Crippen LogP contribution >= 0.6 is 11.3 Å². The smallest absolute Gasteiger partial charge is 0.277 e. The number of halogens is 2. The number of benzene rings is 1. The molecule has 1 aliphatic heterocycles. The minimum Gasteiger partial charge on any atom is -0.389 e. The largest absolute Gasteiger partial charge is 0.389 e. The van der Waals surface area contributed by atoms with Crippen LogP contribution in [0.3, 0.4) is 0 Å². The molecule has 3 heterocycles. The monoisotopic (exact) mass is 462 g/mol. The van der Waals surface area contributed by atoms with E-state index in [0.717, 1.165) is 36.3 Å². The summed E-state index contributed by atoms with van der Waals surface area (Å²) in [6.45, 7) is 2.89. The van der Waals surface area contributed by atoms with E-state index in [1.807, 2.05) is 4.90 Å². The van der Waals surface area contributed by atoms with Crippen LogP contribution in [-0.2, 0) is 7.05 Å². The second-order valence-electron chi connectivity index (χ2n) is 8.16. The Balaban J connectivity index is 1.62.